The molecule has 3 aromatic rings. The lowest BCUT2D eigenvalue weighted by Crippen LogP contribution is -2.50. The maximum absolute atomic E-state index is 12.9. The van der Waals surface area contributed by atoms with E-state index in [2.05, 4.69) is 4.98 Å². The second kappa shape index (κ2) is 7.58. The van der Waals surface area contributed by atoms with Crippen LogP contribution in [0.1, 0.15) is 15.9 Å². The molecule has 2 heterocycles. The molecule has 8 heteroatoms. The number of para-hydroxylation sites is 1. The number of carbonyl (C=O) groups excluding carboxylic acids is 1. The van der Waals surface area contributed by atoms with Crippen LogP contribution >= 0.6 is 11.6 Å². The molecule has 0 bridgehead atoms. The molecule has 4 rings (SSSR count). The van der Waals surface area contributed by atoms with Crippen LogP contribution in [0.15, 0.2) is 54.7 Å². The molecule has 1 N–H and O–H groups in total. The van der Waals surface area contributed by atoms with Crippen LogP contribution in [0.25, 0.3) is 10.9 Å². The van der Waals surface area contributed by atoms with Gasteiger partial charge in [0.15, 0.2) is 0 Å². The van der Waals surface area contributed by atoms with Crippen LogP contribution in [0.3, 0.4) is 0 Å². The maximum atomic E-state index is 12.9. The molecule has 1 aliphatic heterocycles. The summed E-state index contributed by atoms with van der Waals surface area (Å²) in [5.41, 5.74) is 2.18. The average molecular weight is 418 g/mol. The zero-order valence-corrected chi connectivity index (χ0v) is 16.7. The van der Waals surface area contributed by atoms with Gasteiger partial charge in [0.25, 0.3) is 5.91 Å². The van der Waals surface area contributed by atoms with E-state index in [4.69, 9.17) is 11.6 Å². The Morgan fingerprint density at radius 3 is 2.54 bits per heavy atom. The lowest BCUT2D eigenvalue weighted by Gasteiger charge is -2.34. The van der Waals surface area contributed by atoms with Crippen molar-refractivity contribution in [2.45, 2.75) is 5.75 Å². The van der Waals surface area contributed by atoms with Crippen LogP contribution in [0.5, 0.6) is 0 Å². The van der Waals surface area contributed by atoms with E-state index in [0.29, 0.717) is 29.2 Å². The predicted octanol–water partition coefficient (Wildman–Crippen LogP) is 3.11. The number of sulfonamides is 1. The lowest BCUT2D eigenvalue weighted by atomic mass is 10.1. The van der Waals surface area contributed by atoms with Gasteiger partial charge in [-0.3, -0.25) is 4.79 Å². The first kappa shape index (κ1) is 19.0. The molecule has 1 fully saturated rings. The van der Waals surface area contributed by atoms with Crippen molar-refractivity contribution >= 4 is 38.4 Å². The van der Waals surface area contributed by atoms with Gasteiger partial charge in [-0.15, -0.1) is 0 Å². The van der Waals surface area contributed by atoms with E-state index >= 15 is 0 Å². The van der Waals surface area contributed by atoms with Gasteiger partial charge in [-0.25, -0.2) is 8.42 Å². The fourth-order valence-electron chi connectivity index (χ4n) is 3.52. The van der Waals surface area contributed by atoms with Crippen molar-refractivity contribution in [3.63, 3.8) is 0 Å². The molecule has 1 amide bonds. The number of nitrogens with one attached hydrogen (secondary N) is 1. The van der Waals surface area contributed by atoms with E-state index in [9.17, 15) is 13.2 Å². The minimum atomic E-state index is -3.46. The molecule has 1 saturated heterocycles. The van der Waals surface area contributed by atoms with Crippen molar-refractivity contribution in [1.29, 1.82) is 0 Å². The summed E-state index contributed by atoms with van der Waals surface area (Å²) in [7, 11) is -3.46. The molecule has 0 radical (unpaired) electrons. The van der Waals surface area contributed by atoms with E-state index < -0.39 is 10.0 Å². The first-order valence-corrected chi connectivity index (χ1v) is 11.0. The van der Waals surface area contributed by atoms with Crippen LogP contribution < -0.4 is 0 Å². The van der Waals surface area contributed by atoms with Crippen molar-refractivity contribution in [1.82, 2.24) is 14.2 Å². The molecule has 0 aliphatic carbocycles. The Hall–Kier alpha value is -2.35. The second-order valence-corrected chi connectivity index (χ2v) is 9.23. The van der Waals surface area contributed by atoms with Gasteiger partial charge in [0.05, 0.1) is 11.3 Å². The Balaban J connectivity index is 1.43. The van der Waals surface area contributed by atoms with Crippen LogP contribution in [0.4, 0.5) is 0 Å². The largest absolute Gasteiger partial charge is 0.360 e. The van der Waals surface area contributed by atoms with Gasteiger partial charge in [0, 0.05) is 48.3 Å². The first-order chi connectivity index (χ1) is 13.4. The van der Waals surface area contributed by atoms with Crippen molar-refractivity contribution < 1.29 is 13.2 Å². The summed E-state index contributed by atoms with van der Waals surface area (Å²) in [5.74, 6) is -0.173. The monoisotopic (exact) mass is 417 g/mol. The molecular formula is C20H20ClN3O3S. The highest BCUT2D eigenvalue weighted by Gasteiger charge is 2.30. The SMILES string of the molecule is O=C(c1c[nH]c2ccccc12)N1CCN(S(=O)(=O)Cc2cccc(Cl)c2)CC1. The summed E-state index contributed by atoms with van der Waals surface area (Å²) in [6.45, 7) is 1.31. The number of hydrogen-bond donors (Lipinski definition) is 1. The van der Waals surface area contributed by atoms with E-state index in [0.717, 1.165) is 10.9 Å². The van der Waals surface area contributed by atoms with E-state index in [-0.39, 0.29) is 24.7 Å². The Morgan fingerprint density at radius 1 is 1.04 bits per heavy atom. The zero-order chi connectivity index (χ0) is 19.7. The van der Waals surface area contributed by atoms with Crippen LogP contribution in [0.2, 0.25) is 5.02 Å². The summed E-state index contributed by atoms with van der Waals surface area (Å²) < 4.78 is 26.9. The van der Waals surface area contributed by atoms with Crippen molar-refractivity contribution in [3.8, 4) is 0 Å². The van der Waals surface area contributed by atoms with Gasteiger partial charge >= 0.3 is 0 Å². The minimum Gasteiger partial charge on any atom is -0.360 e. The van der Waals surface area contributed by atoms with Gasteiger partial charge in [-0.2, -0.15) is 4.31 Å². The number of aromatic nitrogens is 1. The number of aromatic amines is 1. The molecule has 28 heavy (non-hydrogen) atoms. The molecule has 146 valence electrons. The molecular weight excluding hydrogens is 398 g/mol. The van der Waals surface area contributed by atoms with Crippen molar-refractivity contribution in [2.24, 2.45) is 0 Å². The fourth-order valence-corrected chi connectivity index (χ4v) is 5.23. The number of halogens is 1. The third-order valence-corrected chi connectivity index (χ3v) is 7.06. The number of nitrogens with zero attached hydrogens (tertiary/aromatic N) is 2. The minimum absolute atomic E-state index is 0.0793. The highest BCUT2D eigenvalue weighted by molar-refractivity contribution is 7.88. The lowest BCUT2D eigenvalue weighted by molar-refractivity contribution is 0.0700. The Morgan fingerprint density at radius 2 is 1.79 bits per heavy atom. The molecule has 0 saturated carbocycles. The number of hydrogen-bond acceptors (Lipinski definition) is 3. The number of benzene rings is 2. The smallest absolute Gasteiger partial charge is 0.256 e. The van der Waals surface area contributed by atoms with Gasteiger partial charge in [-0.05, 0) is 23.8 Å². The Kier molecular flexibility index (Phi) is 5.14. The number of carbonyl (C=O) groups is 1. The third-order valence-electron chi connectivity index (χ3n) is 4.98. The second-order valence-electron chi connectivity index (χ2n) is 6.83. The molecule has 2 aromatic carbocycles. The Labute approximate surface area is 168 Å². The first-order valence-electron chi connectivity index (χ1n) is 9.02. The number of rotatable bonds is 4. The van der Waals surface area contributed by atoms with Gasteiger partial charge < -0.3 is 9.88 Å². The number of H-pyrrole nitrogens is 1. The standard InChI is InChI=1S/C20H20ClN3O3S/c21-16-5-3-4-15(12-16)14-28(26,27)24-10-8-23(9-11-24)20(25)18-13-22-19-7-2-1-6-17(18)19/h1-7,12-13,22H,8-11,14H2. The molecule has 1 aliphatic rings. The summed E-state index contributed by atoms with van der Waals surface area (Å²) in [5, 5.41) is 1.39. The molecule has 1 aromatic heterocycles. The van der Waals surface area contributed by atoms with Gasteiger partial charge in [0.1, 0.15) is 0 Å². The highest BCUT2D eigenvalue weighted by Crippen LogP contribution is 2.21. The Bertz CT molecular complexity index is 1120. The number of piperazine rings is 1. The fraction of sp³-hybridized carbons (Fsp3) is 0.250. The molecule has 6 nitrogen and oxygen atoms in total. The topological polar surface area (TPSA) is 73.5 Å². The molecule has 0 atom stereocenters. The van der Waals surface area contributed by atoms with Crippen molar-refractivity contribution in [2.75, 3.05) is 26.2 Å². The van der Waals surface area contributed by atoms with Gasteiger partial charge in [-0.1, -0.05) is 41.9 Å². The average Bonchev–Trinajstić information content (AvgIpc) is 3.11. The number of fused-ring (bicyclic) bond motifs is 1. The van der Waals surface area contributed by atoms with Crippen molar-refractivity contribution in [3.05, 3.63) is 70.9 Å². The quantitative estimate of drug-likeness (QED) is 0.708. The predicted molar refractivity (Wildman–Crippen MR) is 110 cm³/mol. The van der Waals surface area contributed by atoms with E-state index in [1.807, 2.05) is 24.3 Å². The summed E-state index contributed by atoms with van der Waals surface area (Å²) in [6.07, 6.45) is 1.72. The van der Waals surface area contributed by atoms with Crippen LogP contribution in [-0.4, -0.2) is 54.7 Å². The van der Waals surface area contributed by atoms with Crippen LogP contribution in [0, 0.1) is 0 Å². The summed E-state index contributed by atoms with van der Waals surface area (Å²) in [4.78, 5) is 17.7. The van der Waals surface area contributed by atoms with E-state index in [1.54, 1.807) is 35.4 Å². The van der Waals surface area contributed by atoms with Crippen LogP contribution in [-0.2, 0) is 15.8 Å². The highest BCUT2D eigenvalue weighted by atomic mass is 35.5. The normalized spacial score (nSPS) is 15.8. The van der Waals surface area contributed by atoms with E-state index in [1.165, 1.54) is 4.31 Å². The zero-order valence-electron chi connectivity index (χ0n) is 15.1. The third kappa shape index (κ3) is 3.78. The molecule has 0 spiro atoms. The molecule has 0 unspecified atom stereocenters. The van der Waals surface area contributed by atoms with Gasteiger partial charge in [0.2, 0.25) is 10.0 Å². The summed E-state index contributed by atoms with van der Waals surface area (Å²) >= 11 is 5.95. The maximum Gasteiger partial charge on any atom is 0.256 e. The summed E-state index contributed by atoms with van der Waals surface area (Å²) in [6, 6.07) is 14.5. The number of amides is 1.